The number of rotatable bonds is 5. The Hall–Kier alpha value is -1.74. The van der Waals surface area contributed by atoms with Crippen LogP contribution in [0.1, 0.15) is 6.42 Å². The molecule has 6 heteroatoms. The van der Waals surface area contributed by atoms with Gasteiger partial charge in [0.2, 0.25) is 5.91 Å². The number of nitrogens with zero attached hydrogens (tertiary/aromatic N) is 2. The summed E-state index contributed by atoms with van der Waals surface area (Å²) in [4.78, 5) is 15.3. The fourth-order valence-corrected chi connectivity index (χ4v) is 1.60. The maximum absolute atomic E-state index is 11.3. The van der Waals surface area contributed by atoms with Crippen LogP contribution in [0.15, 0.2) is 23.4 Å². The number of hydrogen-bond donors (Lipinski definition) is 2. The van der Waals surface area contributed by atoms with Gasteiger partial charge in [0.15, 0.2) is 0 Å². The molecule has 1 heterocycles. The number of carbonyl (C=O) groups is 1. The van der Waals surface area contributed by atoms with Crippen LogP contribution in [0, 0.1) is 11.3 Å². The predicted molar refractivity (Wildman–Crippen MR) is 62.6 cm³/mol. The van der Waals surface area contributed by atoms with Crippen LogP contribution in [0.25, 0.3) is 0 Å². The summed E-state index contributed by atoms with van der Waals surface area (Å²) in [6.45, 7) is 0.394. The molecule has 5 nitrogen and oxygen atoms in total. The molecule has 0 aliphatic rings. The van der Waals surface area contributed by atoms with Gasteiger partial charge in [-0.2, -0.15) is 5.26 Å². The molecule has 0 saturated carbocycles. The Kier molecular flexibility index (Phi) is 5.16. The maximum atomic E-state index is 11.3. The van der Waals surface area contributed by atoms with E-state index in [0.29, 0.717) is 24.4 Å². The normalized spacial score (nSPS) is 9.44. The van der Waals surface area contributed by atoms with E-state index in [9.17, 15) is 4.79 Å². The molecule has 0 unspecified atom stereocenters. The molecule has 16 heavy (non-hydrogen) atoms. The first-order valence-corrected chi connectivity index (χ1v) is 5.69. The zero-order chi connectivity index (χ0) is 11.8. The van der Waals surface area contributed by atoms with Crippen molar-refractivity contribution in [3.8, 4) is 6.07 Å². The van der Waals surface area contributed by atoms with Gasteiger partial charge in [-0.05, 0) is 12.1 Å². The lowest BCUT2D eigenvalue weighted by atomic mass is 10.4. The van der Waals surface area contributed by atoms with E-state index in [4.69, 9.17) is 11.0 Å². The van der Waals surface area contributed by atoms with Crippen LogP contribution in [0.4, 0.5) is 5.69 Å². The van der Waals surface area contributed by atoms with Crippen molar-refractivity contribution in [2.24, 2.45) is 0 Å². The SMILES string of the molecule is N#CCCNC(=O)CSc1ccc(N)cn1. The van der Waals surface area contributed by atoms with Crippen molar-refractivity contribution in [3.05, 3.63) is 18.3 Å². The highest BCUT2D eigenvalue weighted by Crippen LogP contribution is 2.15. The zero-order valence-electron chi connectivity index (χ0n) is 8.64. The molecule has 0 spiro atoms. The molecular formula is C10H12N4OS. The Morgan fingerprint density at radius 2 is 2.44 bits per heavy atom. The van der Waals surface area contributed by atoms with E-state index < -0.39 is 0 Å². The first-order chi connectivity index (χ1) is 7.72. The Bertz CT molecular complexity index is 385. The van der Waals surface area contributed by atoms with Crippen molar-refractivity contribution in [2.75, 3.05) is 18.0 Å². The number of carbonyl (C=O) groups excluding carboxylic acids is 1. The van der Waals surface area contributed by atoms with Crippen molar-refractivity contribution in [1.82, 2.24) is 10.3 Å². The minimum Gasteiger partial charge on any atom is -0.397 e. The van der Waals surface area contributed by atoms with Crippen molar-refractivity contribution >= 4 is 23.4 Å². The summed E-state index contributed by atoms with van der Waals surface area (Å²) in [6.07, 6.45) is 1.88. The van der Waals surface area contributed by atoms with Gasteiger partial charge in [-0.25, -0.2) is 4.98 Å². The Morgan fingerprint density at radius 1 is 1.62 bits per heavy atom. The van der Waals surface area contributed by atoms with Gasteiger partial charge in [0.1, 0.15) is 0 Å². The topological polar surface area (TPSA) is 91.8 Å². The number of nitrogen functional groups attached to an aromatic ring is 1. The number of hydrogen-bond acceptors (Lipinski definition) is 5. The van der Waals surface area contributed by atoms with E-state index in [1.165, 1.54) is 11.8 Å². The third-order valence-electron chi connectivity index (χ3n) is 1.67. The second-order valence-corrected chi connectivity index (χ2v) is 3.97. The number of nitrogens with two attached hydrogens (primary N) is 1. The molecule has 3 N–H and O–H groups in total. The van der Waals surface area contributed by atoms with E-state index in [1.807, 2.05) is 6.07 Å². The van der Waals surface area contributed by atoms with E-state index in [0.717, 1.165) is 5.03 Å². The lowest BCUT2D eigenvalue weighted by Gasteiger charge is -2.02. The third-order valence-corrected chi connectivity index (χ3v) is 2.61. The number of nitriles is 1. The van der Waals surface area contributed by atoms with Gasteiger partial charge in [0, 0.05) is 6.54 Å². The predicted octanol–water partition coefficient (Wildman–Crippen LogP) is 0.786. The molecule has 0 aromatic carbocycles. The van der Waals surface area contributed by atoms with Crippen molar-refractivity contribution in [1.29, 1.82) is 5.26 Å². The molecule has 0 fully saturated rings. The van der Waals surface area contributed by atoms with Crippen LogP contribution in [0.3, 0.4) is 0 Å². The molecule has 0 aliphatic heterocycles. The molecule has 1 aromatic rings. The minimum atomic E-state index is -0.0983. The van der Waals surface area contributed by atoms with Crippen molar-refractivity contribution in [3.63, 3.8) is 0 Å². The van der Waals surface area contributed by atoms with E-state index in [-0.39, 0.29) is 5.91 Å². The third kappa shape index (κ3) is 4.66. The van der Waals surface area contributed by atoms with Gasteiger partial charge < -0.3 is 11.1 Å². The summed E-state index contributed by atoms with van der Waals surface area (Å²) in [5.41, 5.74) is 6.08. The molecule has 0 bridgehead atoms. The fourth-order valence-electron chi connectivity index (χ4n) is 0.925. The Labute approximate surface area is 98.0 Å². The molecule has 84 valence electrons. The highest BCUT2D eigenvalue weighted by molar-refractivity contribution is 7.99. The van der Waals surface area contributed by atoms with Gasteiger partial charge >= 0.3 is 0 Å². The summed E-state index contributed by atoms with van der Waals surface area (Å²) < 4.78 is 0. The van der Waals surface area contributed by atoms with Crippen LogP contribution >= 0.6 is 11.8 Å². The lowest BCUT2D eigenvalue weighted by Crippen LogP contribution is -2.25. The first kappa shape index (κ1) is 12.3. The van der Waals surface area contributed by atoms with Crippen molar-refractivity contribution < 1.29 is 4.79 Å². The number of thioether (sulfide) groups is 1. The van der Waals surface area contributed by atoms with Crippen LogP contribution in [-0.2, 0) is 4.79 Å². The van der Waals surface area contributed by atoms with E-state index in [2.05, 4.69) is 10.3 Å². The average Bonchev–Trinajstić information content (AvgIpc) is 2.29. The highest BCUT2D eigenvalue weighted by atomic mass is 32.2. The van der Waals surface area contributed by atoms with Crippen LogP contribution < -0.4 is 11.1 Å². The standard InChI is InChI=1S/C10H12N4OS/c11-4-1-5-13-9(15)7-16-10-3-2-8(12)6-14-10/h2-3,6H,1,5,7,12H2,(H,13,15). The Morgan fingerprint density at radius 3 is 3.06 bits per heavy atom. The zero-order valence-corrected chi connectivity index (χ0v) is 9.46. The van der Waals surface area contributed by atoms with Gasteiger partial charge in [0.05, 0.1) is 35.2 Å². The smallest absolute Gasteiger partial charge is 0.230 e. The second kappa shape index (κ2) is 6.69. The van der Waals surface area contributed by atoms with Gasteiger partial charge in [-0.3, -0.25) is 4.79 Å². The molecule has 1 aromatic heterocycles. The summed E-state index contributed by atoms with van der Waals surface area (Å²) in [7, 11) is 0. The van der Waals surface area contributed by atoms with Crippen molar-refractivity contribution in [2.45, 2.75) is 11.4 Å². The summed E-state index contributed by atoms with van der Waals surface area (Å²) >= 11 is 1.33. The first-order valence-electron chi connectivity index (χ1n) is 4.70. The van der Waals surface area contributed by atoms with E-state index >= 15 is 0 Å². The molecule has 1 rings (SSSR count). The van der Waals surface area contributed by atoms with Crippen LogP contribution in [0.2, 0.25) is 0 Å². The number of nitrogens with one attached hydrogen (secondary N) is 1. The summed E-state index contributed by atoms with van der Waals surface area (Å²) in [5.74, 6) is 0.196. The fraction of sp³-hybridized carbons (Fsp3) is 0.300. The molecule has 1 amide bonds. The molecule has 0 radical (unpaired) electrons. The monoisotopic (exact) mass is 236 g/mol. The largest absolute Gasteiger partial charge is 0.397 e. The highest BCUT2D eigenvalue weighted by Gasteiger charge is 2.02. The van der Waals surface area contributed by atoms with Crippen LogP contribution in [-0.4, -0.2) is 23.2 Å². The van der Waals surface area contributed by atoms with Gasteiger partial charge in [-0.15, -0.1) is 0 Å². The van der Waals surface area contributed by atoms with E-state index in [1.54, 1.807) is 18.3 Å². The number of anilines is 1. The number of amides is 1. The number of pyridine rings is 1. The second-order valence-electron chi connectivity index (χ2n) is 2.98. The quantitative estimate of drug-likeness (QED) is 0.582. The van der Waals surface area contributed by atoms with Gasteiger partial charge in [-0.1, -0.05) is 11.8 Å². The maximum Gasteiger partial charge on any atom is 0.230 e. The number of aromatic nitrogens is 1. The summed E-state index contributed by atoms with van der Waals surface area (Å²) in [6, 6.07) is 5.46. The lowest BCUT2D eigenvalue weighted by molar-refractivity contribution is -0.118. The molecule has 0 atom stereocenters. The Balaban J connectivity index is 2.26. The average molecular weight is 236 g/mol. The summed E-state index contributed by atoms with van der Waals surface area (Å²) in [5, 5.41) is 11.7. The van der Waals surface area contributed by atoms with Crippen LogP contribution in [0.5, 0.6) is 0 Å². The molecular weight excluding hydrogens is 224 g/mol. The minimum absolute atomic E-state index is 0.0983. The molecule has 0 saturated heterocycles. The van der Waals surface area contributed by atoms with Gasteiger partial charge in [0.25, 0.3) is 0 Å². The molecule has 0 aliphatic carbocycles.